The molecule has 2 aromatic carbocycles. The van der Waals surface area contributed by atoms with Gasteiger partial charge in [0.15, 0.2) is 0 Å². The molecule has 2 saturated heterocycles. The molecular formula is C27H34N2O3. The molecule has 2 fully saturated rings. The summed E-state index contributed by atoms with van der Waals surface area (Å²) in [7, 11) is 0. The van der Waals surface area contributed by atoms with Crippen molar-refractivity contribution >= 4 is 12.0 Å². The molecule has 0 saturated carbocycles. The monoisotopic (exact) mass is 434 g/mol. The van der Waals surface area contributed by atoms with Gasteiger partial charge in [-0.1, -0.05) is 48.5 Å². The zero-order valence-corrected chi connectivity index (χ0v) is 19.8. The molecule has 5 heteroatoms. The van der Waals surface area contributed by atoms with E-state index in [1.165, 1.54) is 0 Å². The average molecular weight is 435 g/mol. The number of ether oxygens (including phenoxy) is 1. The second kappa shape index (κ2) is 8.27. The summed E-state index contributed by atoms with van der Waals surface area (Å²) in [6, 6.07) is 15.8. The van der Waals surface area contributed by atoms with Crippen LogP contribution in [-0.4, -0.2) is 34.1 Å². The van der Waals surface area contributed by atoms with Crippen LogP contribution in [0.15, 0.2) is 48.5 Å². The quantitative estimate of drug-likeness (QED) is 0.671. The lowest BCUT2D eigenvalue weighted by molar-refractivity contribution is 0.00270. The molecule has 2 bridgehead atoms. The van der Waals surface area contributed by atoms with Crippen molar-refractivity contribution in [2.24, 2.45) is 0 Å². The highest BCUT2D eigenvalue weighted by molar-refractivity contribution is 5.97. The average Bonchev–Trinajstić information content (AvgIpc) is 3.28. The fourth-order valence-corrected chi connectivity index (χ4v) is 5.58. The van der Waals surface area contributed by atoms with E-state index >= 15 is 0 Å². The number of hydrogen-bond donors (Lipinski definition) is 1. The van der Waals surface area contributed by atoms with Crippen molar-refractivity contribution < 1.29 is 14.3 Å². The molecule has 2 aromatic rings. The second-order valence-corrected chi connectivity index (χ2v) is 10.3. The molecule has 2 aliphatic heterocycles. The molecule has 5 nitrogen and oxygen atoms in total. The van der Waals surface area contributed by atoms with Gasteiger partial charge in [-0.3, -0.25) is 9.69 Å². The van der Waals surface area contributed by atoms with Gasteiger partial charge in [-0.05, 0) is 77.0 Å². The van der Waals surface area contributed by atoms with Gasteiger partial charge < -0.3 is 10.1 Å². The van der Waals surface area contributed by atoms with Crippen molar-refractivity contribution in [2.75, 3.05) is 0 Å². The Labute approximate surface area is 191 Å². The van der Waals surface area contributed by atoms with E-state index in [4.69, 9.17) is 4.74 Å². The van der Waals surface area contributed by atoms with Crippen LogP contribution in [0, 0.1) is 13.8 Å². The van der Waals surface area contributed by atoms with E-state index < -0.39 is 11.1 Å². The lowest BCUT2D eigenvalue weighted by atomic mass is 9.78. The summed E-state index contributed by atoms with van der Waals surface area (Å²) in [5.74, 6) is -0.0942. The normalized spacial score (nSPS) is 23.2. The van der Waals surface area contributed by atoms with Gasteiger partial charge in [-0.25, -0.2) is 4.79 Å². The van der Waals surface area contributed by atoms with Crippen molar-refractivity contribution in [1.29, 1.82) is 0 Å². The highest BCUT2D eigenvalue weighted by atomic mass is 16.6. The van der Waals surface area contributed by atoms with Crippen LogP contribution in [0.3, 0.4) is 0 Å². The lowest BCUT2D eigenvalue weighted by Gasteiger charge is -2.42. The van der Waals surface area contributed by atoms with Crippen LogP contribution in [0.2, 0.25) is 0 Å². The summed E-state index contributed by atoms with van der Waals surface area (Å²) >= 11 is 0. The largest absolute Gasteiger partial charge is 0.444 e. The second-order valence-electron chi connectivity index (χ2n) is 10.3. The predicted octanol–water partition coefficient (Wildman–Crippen LogP) is 5.71. The highest BCUT2D eigenvalue weighted by Crippen LogP contribution is 2.53. The lowest BCUT2D eigenvalue weighted by Crippen LogP contribution is -2.55. The summed E-state index contributed by atoms with van der Waals surface area (Å²) < 4.78 is 5.82. The van der Waals surface area contributed by atoms with Crippen molar-refractivity contribution in [3.63, 3.8) is 0 Å². The van der Waals surface area contributed by atoms with E-state index in [0.29, 0.717) is 5.56 Å². The van der Waals surface area contributed by atoms with Crippen LogP contribution < -0.4 is 5.32 Å². The van der Waals surface area contributed by atoms with Gasteiger partial charge >= 0.3 is 6.09 Å². The molecule has 0 spiro atoms. The van der Waals surface area contributed by atoms with Crippen molar-refractivity contribution in [3.8, 4) is 0 Å². The molecule has 1 N–H and O–H groups in total. The van der Waals surface area contributed by atoms with E-state index in [9.17, 15) is 9.59 Å². The van der Waals surface area contributed by atoms with E-state index in [0.717, 1.165) is 42.4 Å². The summed E-state index contributed by atoms with van der Waals surface area (Å²) in [6.07, 6.45) is 3.29. The minimum Gasteiger partial charge on any atom is -0.444 e. The molecule has 0 aromatic heterocycles. The van der Waals surface area contributed by atoms with Gasteiger partial charge in [0.05, 0.1) is 11.6 Å². The number of carbonyl (C=O) groups is 2. The molecule has 0 radical (unpaired) electrons. The Morgan fingerprint density at radius 2 is 1.59 bits per heavy atom. The topological polar surface area (TPSA) is 58.6 Å². The maximum Gasteiger partial charge on any atom is 0.411 e. The Morgan fingerprint density at radius 3 is 2.16 bits per heavy atom. The Bertz CT molecular complexity index is 981. The molecule has 2 amide bonds. The first-order valence-corrected chi connectivity index (χ1v) is 11.6. The molecule has 32 heavy (non-hydrogen) atoms. The van der Waals surface area contributed by atoms with Gasteiger partial charge in [-0.15, -0.1) is 0 Å². The number of benzene rings is 2. The van der Waals surface area contributed by atoms with E-state index in [-0.39, 0.29) is 24.1 Å². The number of nitrogens with zero attached hydrogens (tertiary/aromatic N) is 1. The Morgan fingerprint density at radius 1 is 1.00 bits per heavy atom. The molecule has 1 atom stereocenters. The fraction of sp³-hybridized carbons (Fsp3) is 0.481. The first-order valence-electron chi connectivity index (χ1n) is 11.6. The summed E-state index contributed by atoms with van der Waals surface area (Å²) in [6.45, 7) is 9.62. The number of rotatable bonds is 4. The Balaban J connectivity index is 1.74. The molecule has 4 rings (SSSR count). The number of hydrogen-bond acceptors (Lipinski definition) is 3. The van der Waals surface area contributed by atoms with Gasteiger partial charge in [0, 0.05) is 11.6 Å². The van der Waals surface area contributed by atoms with E-state index in [1.807, 2.05) is 88.0 Å². The Kier molecular flexibility index (Phi) is 5.78. The molecule has 1 unspecified atom stereocenters. The van der Waals surface area contributed by atoms with Gasteiger partial charge in [0.2, 0.25) is 0 Å². The standard InChI is InChI=1S/C27H34N2O3/c1-18-10-9-11-19(2)22(18)24(30)28-23(20-12-7-6-8-13-20)27-16-14-21(15-17-27)29(27)25(31)32-26(3,4)5/h6-13,21,23H,14-17H2,1-5H3,(H,28,30). The van der Waals surface area contributed by atoms with Crippen molar-refractivity contribution in [1.82, 2.24) is 10.2 Å². The zero-order valence-electron chi connectivity index (χ0n) is 19.8. The smallest absolute Gasteiger partial charge is 0.411 e. The highest BCUT2D eigenvalue weighted by Gasteiger charge is 2.59. The third kappa shape index (κ3) is 4.01. The molecule has 2 heterocycles. The van der Waals surface area contributed by atoms with Crippen LogP contribution in [0.5, 0.6) is 0 Å². The van der Waals surface area contributed by atoms with E-state index in [1.54, 1.807) is 0 Å². The number of nitrogens with one attached hydrogen (secondary N) is 1. The van der Waals surface area contributed by atoms with Crippen LogP contribution in [0.1, 0.15) is 79.5 Å². The van der Waals surface area contributed by atoms with E-state index in [2.05, 4.69) is 5.32 Å². The Hall–Kier alpha value is -2.82. The summed E-state index contributed by atoms with van der Waals surface area (Å²) in [5.41, 5.74) is 2.58. The van der Waals surface area contributed by atoms with Gasteiger partial charge in [-0.2, -0.15) is 0 Å². The number of fused-ring (bicyclic) bond motifs is 2. The van der Waals surface area contributed by atoms with Gasteiger partial charge in [0.25, 0.3) is 5.91 Å². The summed E-state index contributed by atoms with van der Waals surface area (Å²) in [5, 5.41) is 3.35. The molecule has 0 aliphatic carbocycles. The number of carbonyl (C=O) groups excluding carboxylic acids is 2. The van der Waals surface area contributed by atoms with Crippen molar-refractivity contribution in [2.45, 2.75) is 83.5 Å². The van der Waals surface area contributed by atoms with Crippen LogP contribution in [0.4, 0.5) is 4.79 Å². The first kappa shape index (κ1) is 22.4. The number of aryl methyl sites for hydroxylation is 2. The summed E-state index contributed by atoms with van der Waals surface area (Å²) in [4.78, 5) is 28.8. The minimum atomic E-state index is -0.565. The SMILES string of the molecule is Cc1cccc(C)c1C(=O)NC(c1ccccc1)C12CCC(CC1)N2C(=O)OC(C)(C)C. The predicted molar refractivity (Wildman–Crippen MR) is 126 cm³/mol. The van der Waals surface area contributed by atoms with Crippen LogP contribution >= 0.6 is 0 Å². The molecule has 2 aliphatic rings. The third-order valence-corrected chi connectivity index (χ3v) is 6.91. The first-order chi connectivity index (χ1) is 15.1. The minimum absolute atomic E-state index is 0.0942. The maximum atomic E-state index is 13.6. The molecular weight excluding hydrogens is 400 g/mol. The van der Waals surface area contributed by atoms with Crippen molar-refractivity contribution in [3.05, 3.63) is 70.8 Å². The van der Waals surface area contributed by atoms with Gasteiger partial charge in [0.1, 0.15) is 5.60 Å². The van der Waals surface area contributed by atoms with Crippen LogP contribution in [0.25, 0.3) is 0 Å². The number of amides is 2. The molecule has 170 valence electrons. The van der Waals surface area contributed by atoms with Crippen LogP contribution in [-0.2, 0) is 4.74 Å². The maximum absolute atomic E-state index is 13.6. The third-order valence-electron chi connectivity index (χ3n) is 6.91. The fourth-order valence-electron chi connectivity index (χ4n) is 5.58. The zero-order chi connectivity index (χ0) is 23.1.